The highest BCUT2D eigenvalue weighted by atomic mass is 19.1. The van der Waals surface area contributed by atoms with Gasteiger partial charge in [0, 0.05) is 10.9 Å². The molecule has 0 spiro atoms. The van der Waals surface area contributed by atoms with Crippen molar-refractivity contribution in [3.8, 4) is 28.3 Å². The highest BCUT2D eigenvalue weighted by Gasteiger charge is 2.10. The molecule has 31 heavy (non-hydrogen) atoms. The fourth-order valence-corrected chi connectivity index (χ4v) is 4.06. The molecule has 0 heterocycles. The number of hydrogen-bond acceptors (Lipinski definition) is 1. The molecule has 0 atom stereocenters. The van der Waals surface area contributed by atoms with E-state index in [1.807, 2.05) is 66.7 Å². The number of unbranched alkanes of at least 4 members (excludes halogenated alkanes) is 3. The molecule has 0 N–H and O–H groups in total. The second-order valence-corrected chi connectivity index (χ2v) is 8.06. The second kappa shape index (κ2) is 9.58. The first-order valence-electron chi connectivity index (χ1n) is 11.0. The van der Waals surface area contributed by atoms with Gasteiger partial charge < -0.3 is 0 Å². The monoisotopic (exact) mass is 407 g/mol. The first-order valence-corrected chi connectivity index (χ1v) is 11.0. The van der Waals surface area contributed by atoms with Gasteiger partial charge in [-0.2, -0.15) is 5.26 Å². The Labute approximate surface area is 183 Å². The number of fused-ring (bicyclic) bond motifs is 1. The summed E-state index contributed by atoms with van der Waals surface area (Å²) in [5.74, 6) is -0.166. The van der Waals surface area contributed by atoms with Crippen LogP contribution in [0.4, 0.5) is 4.39 Å². The molecule has 0 radical (unpaired) electrons. The number of halogens is 1. The number of rotatable bonds is 7. The highest BCUT2D eigenvalue weighted by molar-refractivity contribution is 5.89. The lowest BCUT2D eigenvalue weighted by molar-refractivity contribution is 0.643. The van der Waals surface area contributed by atoms with E-state index in [9.17, 15) is 0 Å². The molecule has 0 bridgehead atoms. The lowest BCUT2D eigenvalue weighted by Crippen LogP contribution is -1.90. The standard InChI is InChI=1S/C29H26FN/c1-2-3-4-5-6-21-9-17-28-26(19-21)16-18-27(29(28)30)25-14-12-24(13-15-25)23-10-7-22(20-31)8-11-23/h7-19H,2-6H2,1H3. The van der Waals surface area contributed by atoms with Crippen LogP contribution in [-0.2, 0) is 6.42 Å². The van der Waals surface area contributed by atoms with E-state index in [0.717, 1.165) is 28.5 Å². The smallest absolute Gasteiger partial charge is 0.138 e. The molecule has 0 amide bonds. The van der Waals surface area contributed by atoms with Crippen LogP contribution in [0.15, 0.2) is 78.9 Å². The third-order valence-corrected chi connectivity index (χ3v) is 5.88. The first-order chi connectivity index (χ1) is 15.2. The van der Waals surface area contributed by atoms with Gasteiger partial charge in [-0.15, -0.1) is 0 Å². The van der Waals surface area contributed by atoms with E-state index >= 15 is 4.39 Å². The van der Waals surface area contributed by atoms with Crippen LogP contribution in [0.1, 0.15) is 43.7 Å². The van der Waals surface area contributed by atoms with Gasteiger partial charge in [0.1, 0.15) is 5.82 Å². The number of aryl methyl sites for hydroxylation is 1. The molecule has 0 unspecified atom stereocenters. The van der Waals surface area contributed by atoms with Gasteiger partial charge in [0.15, 0.2) is 0 Å². The third kappa shape index (κ3) is 4.67. The molecule has 154 valence electrons. The molecule has 0 aliphatic carbocycles. The van der Waals surface area contributed by atoms with Gasteiger partial charge in [-0.1, -0.05) is 92.9 Å². The van der Waals surface area contributed by atoms with Crippen molar-refractivity contribution < 1.29 is 4.39 Å². The molecular formula is C29H26FN. The van der Waals surface area contributed by atoms with Crippen LogP contribution < -0.4 is 0 Å². The van der Waals surface area contributed by atoms with Crippen LogP contribution >= 0.6 is 0 Å². The molecule has 0 aromatic heterocycles. The van der Waals surface area contributed by atoms with Gasteiger partial charge in [-0.25, -0.2) is 4.39 Å². The van der Waals surface area contributed by atoms with E-state index in [2.05, 4.69) is 25.1 Å². The van der Waals surface area contributed by atoms with Gasteiger partial charge in [0.25, 0.3) is 0 Å². The quantitative estimate of drug-likeness (QED) is 0.283. The summed E-state index contributed by atoms with van der Waals surface area (Å²) in [6.45, 7) is 2.22. The largest absolute Gasteiger partial charge is 0.206 e. The summed E-state index contributed by atoms with van der Waals surface area (Å²) in [6.07, 6.45) is 6.00. The predicted molar refractivity (Wildman–Crippen MR) is 127 cm³/mol. The molecule has 0 aliphatic heterocycles. The Morgan fingerprint density at radius 2 is 1.42 bits per heavy atom. The summed E-state index contributed by atoms with van der Waals surface area (Å²) >= 11 is 0. The average molecular weight is 408 g/mol. The van der Waals surface area contributed by atoms with Gasteiger partial charge >= 0.3 is 0 Å². The summed E-state index contributed by atoms with van der Waals surface area (Å²) < 4.78 is 15.3. The van der Waals surface area contributed by atoms with Gasteiger partial charge in [-0.05, 0) is 52.6 Å². The van der Waals surface area contributed by atoms with Crippen molar-refractivity contribution in [2.24, 2.45) is 0 Å². The average Bonchev–Trinajstić information content (AvgIpc) is 2.82. The zero-order valence-electron chi connectivity index (χ0n) is 17.9. The molecule has 0 aliphatic rings. The minimum atomic E-state index is -0.166. The van der Waals surface area contributed by atoms with Gasteiger partial charge in [0.05, 0.1) is 11.6 Å². The molecule has 0 saturated heterocycles. The van der Waals surface area contributed by atoms with Gasteiger partial charge in [-0.3, -0.25) is 0 Å². The molecule has 4 rings (SSSR count). The SMILES string of the molecule is CCCCCCc1ccc2c(F)c(-c3ccc(-c4ccc(C#N)cc4)cc3)ccc2c1. The summed E-state index contributed by atoms with van der Waals surface area (Å²) in [6, 6.07) is 27.6. The van der Waals surface area contributed by atoms with E-state index < -0.39 is 0 Å². The van der Waals surface area contributed by atoms with Crippen molar-refractivity contribution in [2.45, 2.75) is 39.0 Å². The minimum absolute atomic E-state index is 0.166. The Morgan fingerprint density at radius 1 is 0.742 bits per heavy atom. The molecule has 2 heteroatoms. The lowest BCUT2D eigenvalue weighted by atomic mass is 9.96. The highest BCUT2D eigenvalue weighted by Crippen LogP contribution is 2.31. The Bertz CT molecular complexity index is 1210. The Hall–Kier alpha value is -3.44. The molecule has 0 saturated carbocycles. The van der Waals surface area contributed by atoms with E-state index in [-0.39, 0.29) is 5.82 Å². The van der Waals surface area contributed by atoms with Crippen molar-refractivity contribution in [1.29, 1.82) is 5.26 Å². The van der Waals surface area contributed by atoms with Crippen molar-refractivity contribution in [3.05, 3.63) is 95.8 Å². The zero-order valence-corrected chi connectivity index (χ0v) is 17.9. The number of benzene rings is 4. The molecule has 4 aromatic carbocycles. The summed E-state index contributed by atoms with van der Waals surface area (Å²) in [7, 11) is 0. The molecule has 0 fully saturated rings. The van der Waals surface area contributed by atoms with Crippen molar-refractivity contribution >= 4 is 10.8 Å². The Morgan fingerprint density at radius 3 is 2.10 bits per heavy atom. The summed E-state index contributed by atoms with van der Waals surface area (Å²) in [5, 5.41) is 10.6. The van der Waals surface area contributed by atoms with Crippen LogP contribution in [-0.4, -0.2) is 0 Å². The maximum atomic E-state index is 15.3. The van der Waals surface area contributed by atoms with E-state index in [0.29, 0.717) is 16.5 Å². The van der Waals surface area contributed by atoms with Crippen molar-refractivity contribution in [1.82, 2.24) is 0 Å². The molecular weight excluding hydrogens is 381 g/mol. The maximum Gasteiger partial charge on any atom is 0.138 e. The topological polar surface area (TPSA) is 23.8 Å². The van der Waals surface area contributed by atoms with Crippen molar-refractivity contribution in [3.63, 3.8) is 0 Å². The minimum Gasteiger partial charge on any atom is -0.206 e. The van der Waals surface area contributed by atoms with Crippen LogP contribution in [0.3, 0.4) is 0 Å². The van der Waals surface area contributed by atoms with E-state index in [1.54, 1.807) is 0 Å². The van der Waals surface area contributed by atoms with Crippen LogP contribution in [0.5, 0.6) is 0 Å². The molecule has 4 aromatic rings. The van der Waals surface area contributed by atoms with Gasteiger partial charge in [0.2, 0.25) is 0 Å². The Kier molecular flexibility index (Phi) is 6.43. The summed E-state index contributed by atoms with van der Waals surface area (Å²) in [4.78, 5) is 0. The fraction of sp³-hybridized carbons (Fsp3) is 0.207. The second-order valence-electron chi connectivity index (χ2n) is 8.06. The normalized spacial score (nSPS) is 10.9. The summed E-state index contributed by atoms with van der Waals surface area (Å²) in [5.41, 5.74) is 5.48. The van der Waals surface area contributed by atoms with Crippen LogP contribution in [0.2, 0.25) is 0 Å². The number of nitrogens with zero attached hydrogens (tertiary/aromatic N) is 1. The lowest BCUT2D eigenvalue weighted by Gasteiger charge is -2.10. The van der Waals surface area contributed by atoms with Crippen LogP contribution in [0.25, 0.3) is 33.0 Å². The predicted octanol–water partition coefficient (Wildman–Crippen LogP) is 8.31. The van der Waals surface area contributed by atoms with Crippen LogP contribution in [0, 0.1) is 17.1 Å². The third-order valence-electron chi connectivity index (χ3n) is 5.88. The Balaban J connectivity index is 1.57. The maximum absolute atomic E-state index is 15.3. The number of hydrogen-bond donors (Lipinski definition) is 0. The molecule has 1 nitrogen and oxygen atoms in total. The van der Waals surface area contributed by atoms with Crippen molar-refractivity contribution in [2.75, 3.05) is 0 Å². The first kappa shape index (κ1) is 20.8. The van der Waals surface area contributed by atoms with E-state index in [4.69, 9.17) is 5.26 Å². The fourth-order valence-electron chi connectivity index (χ4n) is 4.06. The number of nitriles is 1. The van der Waals surface area contributed by atoms with E-state index in [1.165, 1.54) is 31.2 Å². The zero-order chi connectivity index (χ0) is 21.6.